The van der Waals surface area contributed by atoms with E-state index in [1.165, 1.54) is 0 Å². The van der Waals surface area contributed by atoms with Gasteiger partial charge in [0.15, 0.2) is 0 Å². The molecule has 0 bridgehead atoms. The Balaban J connectivity index is 0.00000366. The molecule has 0 aliphatic heterocycles. The van der Waals surface area contributed by atoms with Gasteiger partial charge in [-0.25, -0.2) is 9.97 Å². The Morgan fingerprint density at radius 1 is 0.362 bits per heavy atom. The van der Waals surface area contributed by atoms with E-state index in [4.69, 9.17) is 9.97 Å². The Bertz CT molecular complexity index is 3770. The molecule has 8 heteroatoms. The normalized spacial score (nSPS) is 12.0. The van der Waals surface area contributed by atoms with Gasteiger partial charge in [-0.2, -0.15) is 12.1 Å². The summed E-state index contributed by atoms with van der Waals surface area (Å²) in [6.07, 6.45) is 0. The summed E-state index contributed by atoms with van der Waals surface area (Å²) >= 11 is 0. The van der Waals surface area contributed by atoms with E-state index in [0.29, 0.717) is 0 Å². The van der Waals surface area contributed by atoms with Gasteiger partial charge in [0.1, 0.15) is 0 Å². The van der Waals surface area contributed by atoms with Crippen LogP contribution < -0.4 is 0 Å². The van der Waals surface area contributed by atoms with Crippen molar-refractivity contribution in [3.05, 3.63) is 188 Å². The standard InChI is InChI=1S/C50H29N7.Pt/c1-2-14-32(15-3-1)36-19-13-27-46-48(36)57-43-24-9-6-21-40(43)52-50(57)55(46)34-17-12-16-33(30-34)53-41-22-7-4-18-37(41)38-29-28-35(31-47(38)53)54-44-25-10-11-26-45(44)56-42-23-8-5-20-39(42)51-49(54)56;/h1-29H;/q-2;+2. The van der Waals surface area contributed by atoms with Crippen LogP contribution in [0.2, 0.25) is 0 Å². The number of fused-ring (bicyclic) bond motifs is 13. The predicted molar refractivity (Wildman–Crippen MR) is 230 cm³/mol. The summed E-state index contributed by atoms with van der Waals surface area (Å²) in [5.74, 6) is 1.70. The molecule has 8 aromatic carbocycles. The average Bonchev–Trinajstić information content (AvgIpc) is 4.06. The second-order valence-corrected chi connectivity index (χ2v) is 14.6. The van der Waals surface area contributed by atoms with Crippen molar-refractivity contribution in [3.63, 3.8) is 0 Å². The molecule has 0 aliphatic rings. The zero-order chi connectivity index (χ0) is 37.2. The number of rotatable bonds is 4. The van der Waals surface area contributed by atoms with Crippen molar-refractivity contribution in [2.75, 3.05) is 0 Å². The van der Waals surface area contributed by atoms with Gasteiger partial charge < -0.3 is 13.7 Å². The van der Waals surface area contributed by atoms with Gasteiger partial charge in [0, 0.05) is 11.1 Å². The van der Waals surface area contributed by atoms with E-state index in [2.05, 4.69) is 204 Å². The third-order valence-electron chi connectivity index (χ3n) is 11.5. The molecular weight excluding hydrogens is 894 g/mol. The number of aromatic nitrogens is 7. The quantitative estimate of drug-likeness (QED) is 0.165. The summed E-state index contributed by atoms with van der Waals surface area (Å²) in [7, 11) is 0. The molecular formula is C50H29N7Pt. The maximum absolute atomic E-state index is 5.24. The van der Waals surface area contributed by atoms with Crippen LogP contribution in [0.4, 0.5) is 0 Å². The molecule has 0 saturated carbocycles. The minimum absolute atomic E-state index is 0. The fourth-order valence-corrected chi connectivity index (χ4v) is 9.08. The van der Waals surface area contributed by atoms with Gasteiger partial charge in [0.2, 0.25) is 11.6 Å². The van der Waals surface area contributed by atoms with Crippen LogP contribution in [-0.4, -0.2) is 32.5 Å². The molecule has 58 heavy (non-hydrogen) atoms. The number of imidazole rings is 4. The van der Waals surface area contributed by atoms with Crippen molar-refractivity contribution < 1.29 is 21.1 Å². The van der Waals surface area contributed by atoms with Crippen molar-refractivity contribution in [3.8, 4) is 28.2 Å². The smallest absolute Gasteiger partial charge is 0.358 e. The summed E-state index contributed by atoms with van der Waals surface area (Å²) in [6.45, 7) is 0. The summed E-state index contributed by atoms with van der Waals surface area (Å²) in [5.41, 5.74) is 15.5. The molecule has 0 amide bonds. The molecule has 13 rings (SSSR count). The maximum atomic E-state index is 5.24. The monoisotopic (exact) mass is 922 g/mol. The van der Waals surface area contributed by atoms with Crippen LogP contribution in [-0.2, 0) is 21.1 Å². The molecule has 13 aromatic rings. The Morgan fingerprint density at radius 3 is 1.69 bits per heavy atom. The zero-order valence-electron chi connectivity index (χ0n) is 30.7. The first-order chi connectivity index (χ1) is 28.3. The molecule has 0 fully saturated rings. The molecule has 0 atom stereocenters. The molecule has 5 heterocycles. The van der Waals surface area contributed by atoms with Crippen LogP contribution in [0.25, 0.3) is 106 Å². The number of hydrogen-bond acceptors (Lipinski definition) is 2. The maximum Gasteiger partial charge on any atom is 2.00 e. The molecule has 0 saturated heterocycles. The van der Waals surface area contributed by atoms with Gasteiger partial charge >= 0.3 is 21.1 Å². The topological polar surface area (TPSA) is 49.4 Å². The fraction of sp³-hybridized carbons (Fsp3) is 0. The minimum Gasteiger partial charge on any atom is -0.358 e. The van der Waals surface area contributed by atoms with Gasteiger partial charge in [-0.15, -0.1) is 35.7 Å². The largest absolute Gasteiger partial charge is 2.00 e. The van der Waals surface area contributed by atoms with Crippen molar-refractivity contribution >= 4 is 77.5 Å². The number of benzene rings is 8. The molecule has 5 aromatic heterocycles. The Kier molecular flexibility index (Phi) is 7.05. The molecule has 0 radical (unpaired) electrons. The van der Waals surface area contributed by atoms with Crippen molar-refractivity contribution in [1.82, 2.24) is 32.5 Å². The zero-order valence-corrected chi connectivity index (χ0v) is 33.0. The van der Waals surface area contributed by atoms with Crippen LogP contribution in [0, 0.1) is 12.1 Å². The molecule has 7 nitrogen and oxygen atoms in total. The van der Waals surface area contributed by atoms with E-state index in [9.17, 15) is 0 Å². The summed E-state index contributed by atoms with van der Waals surface area (Å²) in [4.78, 5) is 10.4. The molecule has 0 aliphatic carbocycles. The average molecular weight is 923 g/mol. The van der Waals surface area contributed by atoms with Gasteiger partial charge in [-0.3, -0.25) is 8.80 Å². The Morgan fingerprint density at radius 2 is 0.914 bits per heavy atom. The summed E-state index contributed by atoms with van der Waals surface area (Å²) in [6, 6.07) is 69.5. The van der Waals surface area contributed by atoms with E-state index < -0.39 is 0 Å². The van der Waals surface area contributed by atoms with Crippen LogP contribution in [0.5, 0.6) is 0 Å². The Labute approximate surface area is 345 Å². The molecule has 274 valence electrons. The number of hydrogen-bond donors (Lipinski definition) is 0. The van der Waals surface area contributed by atoms with Crippen molar-refractivity contribution in [2.45, 2.75) is 0 Å². The van der Waals surface area contributed by atoms with Gasteiger partial charge in [0.05, 0.1) is 44.1 Å². The van der Waals surface area contributed by atoms with Crippen LogP contribution in [0.1, 0.15) is 0 Å². The van der Waals surface area contributed by atoms with Crippen molar-refractivity contribution in [2.24, 2.45) is 0 Å². The van der Waals surface area contributed by atoms with E-state index in [1.54, 1.807) is 0 Å². The van der Waals surface area contributed by atoms with Crippen LogP contribution in [0.3, 0.4) is 0 Å². The van der Waals surface area contributed by atoms with Gasteiger partial charge in [-0.05, 0) is 59.5 Å². The van der Waals surface area contributed by atoms with E-state index >= 15 is 0 Å². The SMILES string of the molecule is [Pt+2].[c-]1c(-n2c3[c-]c(-n4c5ccccc5n5c6ccccc6nc45)ccc3c3ccccc32)cccc1-n1c2cccc(-c3ccccc3)c2n2c3ccccc3nc12. The second-order valence-electron chi connectivity index (χ2n) is 14.6. The number of para-hydroxylation sites is 8. The fourth-order valence-electron chi connectivity index (χ4n) is 9.08. The van der Waals surface area contributed by atoms with Gasteiger partial charge in [-0.1, -0.05) is 120 Å². The molecule has 0 spiro atoms. The second kappa shape index (κ2) is 12.4. The minimum atomic E-state index is 0. The Hall–Kier alpha value is -7.21. The first-order valence-electron chi connectivity index (χ1n) is 19.1. The molecule has 0 N–H and O–H groups in total. The number of nitrogens with zero attached hydrogens (tertiary/aromatic N) is 7. The van der Waals surface area contributed by atoms with Gasteiger partial charge in [0.25, 0.3) is 0 Å². The van der Waals surface area contributed by atoms with E-state index in [1.807, 2.05) is 6.07 Å². The van der Waals surface area contributed by atoms with E-state index in [0.717, 1.165) is 106 Å². The summed E-state index contributed by atoms with van der Waals surface area (Å²) < 4.78 is 11.3. The van der Waals surface area contributed by atoms with Crippen LogP contribution >= 0.6 is 0 Å². The first kappa shape index (κ1) is 33.0. The predicted octanol–water partition coefficient (Wildman–Crippen LogP) is 11.5. The summed E-state index contributed by atoms with van der Waals surface area (Å²) in [5, 5.41) is 2.28. The van der Waals surface area contributed by atoms with Crippen LogP contribution in [0.15, 0.2) is 176 Å². The third-order valence-corrected chi connectivity index (χ3v) is 11.5. The molecule has 0 unspecified atom stereocenters. The van der Waals surface area contributed by atoms with Crippen molar-refractivity contribution in [1.29, 1.82) is 0 Å². The third kappa shape index (κ3) is 4.48. The first-order valence-corrected chi connectivity index (χ1v) is 19.1. The van der Waals surface area contributed by atoms with E-state index in [-0.39, 0.29) is 21.1 Å².